The van der Waals surface area contributed by atoms with Crippen molar-refractivity contribution >= 4 is 49.4 Å². The van der Waals surface area contributed by atoms with Gasteiger partial charge in [0.05, 0.1) is 11.1 Å². The molecule has 0 saturated heterocycles. The first-order valence-electron chi connectivity index (χ1n) is 6.35. The Bertz CT molecular complexity index is 648. The van der Waals surface area contributed by atoms with E-state index in [1.165, 1.54) is 0 Å². The maximum absolute atomic E-state index is 12.5. The number of nitrogens with one attached hydrogen (secondary N) is 1. The highest BCUT2D eigenvalue weighted by atomic mass is 79.9. The highest BCUT2D eigenvalue weighted by Gasteiger charge is 2.28. The van der Waals surface area contributed by atoms with Crippen LogP contribution in [0.1, 0.15) is 22.8 Å². The minimum absolute atomic E-state index is 0.171. The molecule has 0 aliphatic carbocycles. The van der Waals surface area contributed by atoms with Gasteiger partial charge in [0.1, 0.15) is 0 Å². The van der Waals surface area contributed by atoms with Crippen molar-refractivity contribution < 1.29 is 4.79 Å². The van der Waals surface area contributed by atoms with E-state index in [0.29, 0.717) is 15.9 Å². The maximum atomic E-state index is 12.5. The molecule has 0 aliphatic heterocycles. The average Bonchev–Trinajstić information content (AvgIpc) is 2.50. The Morgan fingerprint density at radius 3 is 2.52 bits per heavy atom. The smallest absolute Gasteiger partial charge is 0.253 e. The van der Waals surface area contributed by atoms with E-state index in [2.05, 4.69) is 37.2 Å². The molecule has 2 aromatic carbocycles. The van der Waals surface area contributed by atoms with Gasteiger partial charge in [0, 0.05) is 14.8 Å². The molecule has 5 heteroatoms. The van der Waals surface area contributed by atoms with Crippen LogP contribution in [0.25, 0.3) is 0 Å². The van der Waals surface area contributed by atoms with Gasteiger partial charge in [-0.3, -0.25) is 4.79 Å². The fraction of sp³-hybridized carbons (Fsp3) is 0.188. The molecule has 0 saturated carbocycles. The number of carbonyl (C=O) groups is 1. The van der Waals surface area contributed by atoms with Crippen LogP contribution in [0.3, 0.4) is 0 Å². The zero-order valence-corrected chi connectivity index (χ0v) is 15.3. The number of hydrogen-bond acceptors (Lipinski definition) is 1. The number of benzene rings is 2. The first-order chi connectivity index (χ1) is 9.96. The second-order valence-electron chi connectivity index (χ2n) is 4.91. The number of halogens is 3. The zero-order valence-electron chi connectivity index (χ0n) is 11.4. The van der Waals surface area contributed by atoms with E-state index < -0.39 is 5.54 Å². The molecule has 0 aromatic heterocycles. The van der Waals surface area contributed by atoms with Gasteiger partial charge < -0.3 is 5.32 Å². The monoisotopic (exact) mass is 429 g/mol. The summed E-state index contributed by atoms with van der Waals surface area (Å²) in [6.07, 6.45) is 0. The summed E-state index contributed by atoms with van der Waals surface area (Å²) in [6, 6.07) is 15.0. The van der Waals surface area contributed by atoms with Crippen molar-refractivity contribution in [3.63, 3.8) is 0 Å². The van der Waals surface area contributed by atoms with Crippen molar-refractivity contribution in [2.75, 3.05) is 5.33 Å². The quantitative estimate of drug-likeness (QED) is 0.667. The van der Waals surface area contributed by atoms with E-state index in [0.717, 1.165) is 10.0 Å². The van der Waals surface area contributed by atoms with Gasteiger partial charge in [0.2, 0.25) is 0 Å². The van der Waals surface area contributed by atoms with Crippen LogP contribution in [-0.2, 0) is 5.54 Å². The molecule has 1 atom stereocenters. The summed E-state index contributed by atoms with van der Waals surface area (Å²) in [5, 5.41) is 4.21. The lowest BCUT2D eigenvalue weighted by Gasteiger charge is -2.29. The summed E-state index contributed by atoms with van der Waals surface area (Å²) in [5.41, 5.74) is 1.05. The Kier molecular flexibility index (Phi) is 5.47. The van der Waals surface area contributed by atoms with Crippen LogP contribution in [0.4, 0.5) is 0 Å². The van der Waals surface area contributed by atoms with Crippen molar-refractivity contribution in [1.82, 2.24) is 5.32 Å². The SMILES string of the molecule is CC(CBr)(NC(=O)c1cc(Cl)ccc1Br)c1ccccc1. The summed E-state index contributed by atoms with van der Waals surface area (Å²) in [6.45, 7) is 1.98. The lowest BCUT2D eigenvalue weighted by Crippen LogP contribution is -2.45. The average molecular weight is 432 g/mol. The Labute approximate surface area is 146 Å². The Morgan fingerprint density at radius 1 is 1.24 bits per heavy atom. The lowest BCUT2D eigenvalue weighted by atomic mass is 9.94. The predicted octanol–water partition coefficient (Wildman–Crippen LogP) is 5.14. The molecule has 0 heterocycles. The molecule has 0 spiro atoms. The van der Waals surface area contributed by atoms with Gasteiger partial charge in [-0.15, -0.1) is 0 Å². The standard InChI is InChI=1S/C16H14Br2ClNO/c1-16(10-17,11-5-3-2-4-6-11)20-15(21)13-9-12(19)7-8-14(13)18/h2-9H,10H2,1H3,(H,20,21). The van der Waals surface area contributed by atoms with E-state index in [1.807, 2.05) is 37.3 Å². The second kappa shape index (κ2) is 6.95. The molecular formula is C16H14Br2ClNO. The van der Waals surface area contributed by atoms with E-state index in [1.54, 1.807) is 18.2 Å². The summed E-state index contributed by atoms with van der Waals surface area (Å²) in [7, 11) is 0. The molecule has 1 unspecified atom stereocenters. The fourth-order valence-corrected chi connectivity index (χ4v) is 3.04. The molecule has 2 aromatic rings. The number of amides is 1. The van der Waals surface area contributed by atoms with Gasteiger partial charge in [-0.05, 0) is 46.6 Å². The summed E-state index contributed by atoms with van der Waals surface area (Å²) in [4.78, 5) is 12.5. The molecular weight excluding hydrogens is 417 g/mol. The van der Waals surface area contributed by atoms with E-state index >= 15 is 0 Å². The van der Waals surface area contributed by atoms with Gasteiger partial charge in [-0.2, -0.15) is 0 Å². The molecule has 1 amide bonds. The van der Waals surface area contributed by atoms with Crippen LogP contribution in [0.5, 0.6) is 0 Å². The van der Waals surface area contributed by atoms with Crippen molar-refractivity contribution in [1.29, 1.82) is 0 Å². The number of rotatable bonds is 4. The Hall–Kier alpha value is -0.840. The third kappa shape index (κ3) is 3.87. The molecule has 0 fully saturated rings. The van der Waals surface area contributed by atoms with Crippen molar-refractivity contribution in [3.8, 4) is 0 Å². The van der Waals surface area contributed by atoms with Gasteiger partial charge in [-0.25, -0.2) is 0 Å². The summed E-state index contributed by atoms with van der Waals surface area (Å²) >= 11 is 12.8. The zero-order chi connectivity index (χ0) is 15.5. The molecule has 0 aliphatic rings. The Balaban J connectivity index is 2.30. The van der Waals surface area contributed by atoms with E-state index in [4.69, 9.17) is 11.6 Å². The van der Waals surface area contributed by atoms with Crippen molar-refractivity contribution in [2.24, 2.45) is 0 Å². The topological polar surface area (TPSA) is 29.1 Å². The van der Waals surface area contributed by atoms with Gasteiger partial charge in [0.25, 0.3) is 5.91 Å². The largest absolute Gasteiger partial charge is 0.342 e. The maximum Gasteiger partial charge on any atom is 0.253 e. The van der Waals surface area contributed by atoms with Gasteiger partial charge >= 0.3 is 0 Å². The normalized spacial score (nSPS) is 13.5. The van der Waals surface area contributed by atoms with Crippen LogP contribution < -0.4 is 5.32 Å². The van der Waals surface area contributed by atoms with Crippen LogP contribution in [0.15, 0.2) is 53.0 Å². The van der Waals surface area contributed by atoms with Crippen molar-refractivity contribution in [2.45, 2.75) is 12.5 Å². The van der Waals surface area contributed by atoms with Crippen LogP contribution in [-0.4, -0.2) is 11.2 Å². The van der Waals surface area contributed by atoms with Crippen LogP contribution in [0, 0.1) is 0 Å². The van der Waals surface area contributed by atoms with Crippen molar-refractivity contribution in [3.05, 3.63) is 69.2 Å². The predicted molar refractivity (Wildman–Crippen MR) is 94.2 cm³/mol. The molecule has 110 valence electrons. The number of carbonyl (C=O) groups excluding carboxylic acids is 1. The molecule has 2 nitrogen and oxygen atoms in total. The minimum Gasteiger partial charge on any atom is -0.342 e. The molecule has 2 rings (SSSR count). The third-order valence-corrected chi connectivity index (χ3v) is 5.29. The molecule has 0 bridgehead atoms. The van der Waals surface area contributed by atoms with E-state index in [9.17, 15) is 4.79 Å². The summed E-state index contributed by atoms with van der Waals surface area (Å²) < 4.78 is 0.717. The highest BCUT2D eigenvalue weighted by molar-refractivity contribution is 9.10. The lowest BCUT2D eigenvalue weighted by molar-refractivity contribution is 0.0913. The highest BCUT2D eigenvalue weighted by Crippen LogP contribution is 2.26. The minimum atomic E-state index is -0.500. The molecule has 1 N–H and O–H groups in total. The fourth-order valence-electron chi connectivity index (χ4n) is 1.98. The Morgan fingerprint density at radius 2 is 1.90 bits per heavy atom. The van der Waals surface area contributed by atoms with E-state index in [-0.39, 0.29) is 5.91 Å². The van der Waals surface area contributed by atoms with Gasteiger partial charge in [-0.1, -0.05) is 57.9 Å². The number of alkyl halides is 1. The molecule has 21 heavy (non-hydrogen) atoms. The summed E-state index contributed by atoms with van der Waals surface area (Å²) in [5.74, 6) is -0.171. The second-order valence-corrected chi connectivity index (χ2v) is 6.76. The first-order valence-corrected chi connectivity index (χ1v) is 8.64. The molecule has 0 radical (unpaired) electrons. The van der Waals surface area contributed by atoms with Crippen LogP contribution >= 0.6 is 43.5 Å². The van der Waals surface area contributed by atoms with Crippen LogP contribution in [0.2, 0.25) is 5.02 Å². The third-order valence-electron chi connectivity index (χ3n) is 3.24. The number of hydrogen-bond donors (Lipinski definition) is 1. The van der Waals surface area contributed by atoms with Gasteiger partial charge in [0.15, 0.2) is 0 Å². The first kappa shape index (κ1) is 16.5.